The number of rotatable bonds is 7. The van der Waals surface area contributed by atoms with Gasteiger partial charge in [0.05, 0.1) is 18.8 Å². The van der Waals surface area contributed by atoms with Crippen LogP contribution in [0.25, 0.3) is 0 Å². The van der Waals surface area contributed by atoms with Gasteiger partial charge in [0, 0.05) is 6.54 Å². The molecule has 1 amide bonds. The van der Waals surface area contributed by atoms with Crippen molar-refractivity contribution in [2.45, 2.75) is 45.8 Å². The fourth-order valence-corrected chi connectivity index (χ4v) is 1.04. The Hall–Kier alpha value is -0.610. The Labute approximate surface area is 86.2 Å². The molecule has 0 saturated carbocycles. The largest absolute Gasteiger partial charge is 0.377 e. The number of nitrogens with one attached hydrogen (secondary N) is 1. The topological polar surface area (TPSA) is 64.4 Å². The molecule has 0 aliphatic carbocycles. The van der Waals surface area contributed by atoms with Gasteiger partial charge in [-0.05, 0) is 20.3 Å². The highest BCUT2D eigenvalue weighted by atomic mass is 16.5. The Bertz CT molecular complexity index is 160. The van der Waals surface area contributed by atoms with Crippen molar-refractivity contribution in [3.8, 4) is 0 Å². The Morgan fingerprint density at radius 3 is 2.64 bits per heavy atom. The van der Waals surface area contributed by atoms with Crippen LogP contribution in [0.2, 0.25) is 0 Å². The van der Waals surface area contributed by atoms with E-state index in [0.717, 1.165) is 12.8 Å². The summed E-state index contributed by atoms with van der Waals surface area (Å²) in [6, 6.07) is -0.376. The van der Waals surface area contributed by atoms with Crippen LogP contribution in [-0.2, 0) is 9.53 Å². The molecule has 0 unspecified atom stereocenters. The smallest absolute Gasteiger partial charge is 0.236 e. The molecule has 0 aromatic heterocycles. The van der Waals surface area contributed by atoms with E-state index in [4.69, 9.17) is 10.5 Å². The molecule has 4 nitrogen and oxygen atoms in total. The zero-order chi connectivity index (χ0) is 11.0. The second-order valence-electron chi connectivity index (χ2n) is 3.61. The second kappa shape index (κ2) is 7.76. The van der Waals surface area contributed by atoms with Crippen LogP contribution >= 0.6 is 0 Å². The van der Waals surface area contributed by atoms with E-state index in [0.29, 0.717) is 13.2 Å². The lowest BCUT2D eigenvalue weighted by Gasteiger charge is -2.12. The van der Waals surface area contributed by atoms with E-state index in [2.05, 4.69) is 5.32 Å². The Morgan fingerprint density at radius 2 is 2.14 bits per heavy atom. The van der Waals surface area contributed by atoms with Crippen molar-refractivity contribution < 1.29 is 9.53 Å². The van der Waals surface area contributed by atoms with Crippen molar-refractivity contribution in [3.63, 3.8) is 0 Å². The third kappa shape index (κ3) is 6.86. The predicted molar refractivity (Wildman–Crippen MR) is 57.0 cm³/mol. The highest BCUT2D eigenvalue weighted by Crippen LogP contribution is 1.92. The van der Waals surface area contributed by atoms with Gasteiger partial charge in [-0.15, -0.1) is 0 Å². The predicted octanol–water partition coefficient (Wildman–Crippen LogP) is 0.655. The summed E-state index contributed by atoms with van der Waals surface area (Å²) in [7, 11) is 0. The molecule has 0 aromatic rings. The molecule has 0 radical (unpaired) electrons. The van der Waals surface area contributed by atoms with E-state index in [1.807, 2.05) is 20.8 Å². The first-order valence-corrected chi connectivity index (χ1v) is 5.22. The highest BCUT2D eigenvalue weighted by molar-refractivity contribution is 5.81. The van der Waals surface area contributed by atoms with Crippen LogP contribution in [0.4, 0.5) is 0 Å². The fraction of sp³-hybridized carbons (Fsp3) is 0.900. The lowest BCUT2D eigenvalue weighted by Crippen LogP contribution is -2.41. The van der Waals surface area contributed by atoms with Gasteiger partial charge in [-0.3, -0.25) is 4.79 Å². The number of amides is 1. The monoisotopic (exact) mass is 202 g/mol. The summed E-state index contributed by atoms with van der Waals surface area (Å²) < 4.78 is 5.28. The quantitative estimate of drug-likeness (QED) is 0.596. The Balaban J connectivity index is 3.44. The van der Waals surface area contributed by atoms with Crippen LogP contribution in [0, 0.1) is 0 Å². The molecule has 0 aromatic carbocycles. The molecule has 0 heterocycles. The molecular weight excluding hydrogens is 180 g/mol. The SMILES string of the molecule is CCC[C@@H](N)C(=O)NCCOC(C)C. The summed E-state index contributed by atoms with van der Waals surface area (Å²) in [4.78, 5) is 11.3. The zero-order valence-corrected chi connectivity index (χ0v) is 9.38. The molecule has 84 valence electrons. The van der Waals surface area contributed by atoms with Gasteiger partial charge in [-0.25, -0.2) is 0 Å². The van der Waals surface area contributed by atoms with Crippen LogP contribution < -0.4 is 11.1 Å². The van der Waals surface area contributed by atoms with Gasteiger partial charge in [-0.1, -0.05) is 13.3 Å². The van der Waals surface area contributed by atoms with Crippen molar-refractivity contribution in [1.82, 2.24) is 5.32 Å². The second-order valence-corrected chi connectivity index (χ2v) is 3.61. The molecule has 0 fully saturated rings. The van der Waals surface area contributed by atoms with Crippen LogP contribution in [0.1, 0.15) is 33.6 Å². The van der Waals surface area contributed by atoms with Gasteiger partial charge < -0.3 is 15.8 Å². The zero-order valence-electron chi connectivity index (χ0n) is 9.38. The minimum absolute atomic E-state index is 0.0841. The maximum Gasteiger partial charge on any atom is 0.236 e. The van der Waals surface area contributed by atoms with Crippen LogP contribution in [-0.4, -0.2) is 31.2 Å². The molecule has 3 N–H and O–H groups in total. The average Bonchev–Trinajstić information content (AvgIpc) is 2.12. The molecule has 0 aliphatic heterocycles. The van der Waals surface area contributed by atoms with Crippen molar-refractivity contribution in [1.29, 1.82) is 0 Å². The Kier molecular flexibility index (Phi) is 7.42. The van der Waals surface area contributed by atoms with E-state index < -0.39 is 0 Å². The standard InChI is InChI=1S/C10H22N2O2/c1-4-5-9(11)10(13)12-6-7-14-8(2)3/h8-9H,4-7,11H2,1-3H3,(H,12,13)/t9-/m1/s1. The van der Waals surface area contributed by atoms with E-state index in [9.17, 15) is 4.79 Å². The molecule has 0 aliphatic rings. The van der Waals surface area contributed by atoms with Crippen LogP contribution in [0.5, 0.6) is 0 Å². The first-order chi connectivity index (χ1) is 6.57. The maximum atomic E-state index is 11.3. The number of carbonyl (C=O) groups is 1. The lowest BCUT2D eigenvalue weighted by molar-refractivity contribution is -0.122. The molecule has 0 bridgehead atoms. The average molecular weight is 202 g/mol. The number of hydrogen-bond acceptors (Lipinski definition) is 3. The minimum atomic E-state index is -0.376. The number of nitrogens with two attached hydrogens (primary N) is 1. The third-order valence-corrected chi connectivity index (χ3v) is 1.79. The third-order valence-electron chi connectivity index (χ3n) is 1.79. The first-order valence-electron chi connectivity index (χ1n) is 5.22. The highest BCUT2D eigenvalue weighted by Gasteiger charge is 2.10. The number of ether oxygens (including phenoxy) is 1. The van der Waals surface area contributed by atoms with Crippen molar-refractivity contribution in [2.24, 2.45) is 5.73 Å². The number of hydrogen-bond donors (Lipinski definition) is 2. The van der Waals surface area contributed by atoms with Crippen molar-refractivity contribution in [2.75, 3.05) is 13.2 Å². The molecule has 4 heteroatoms. The summed E-state index contributed by atoms with van der Waals surface area (Å²) in [6.07, 6.45) is 1.87. The van der Waals surface area contributed by atoms with E-state index in [-0.39, 0.29) is 18.1 Å². The summed E-state index contributed by atoms with van der Waals surface area (Å²) in [5.74, 6) is -0.0841. The fourth-order valence-electron chi connectivity index (χ4n) is 1.04. The summed E-state index contributed by atoms with van der Waals surface area (Å²) in [5.41, 5.74) is 5.62. The van der Waals surface area contributed by atoms with Crippen molar-refractivity contribution >= 4 is 5.91 Å². The van der Waals surface area contributed by atoms with Crippen LogP contribution in [0.15, 0.2) is 0 Å². The first kappa shape index (κ1) is 13.4. The van der Waals surface area contributed by atoms with Gasteiger partial charge in [0.1, 0.15) is 0 Å². The normalized spacial score (nSPS) is 12.9. The molecule has 1 atom stereocenters. The molecule has 0 rings (SSSR count). The summed E-state index contributed by atoms with van der Waals surface area (Å²) in [6.45, 7) is 7.01. The van der Waals surface area contributed by atoms with E-state index in [1.54, 1.807) is 0 Å². The minimum Gasteiger partial charge on any atom is -0.377 e. The molecular formula is C10H22N2O2. The van der Waals surface area contributed by atoms with Gasteiger partial charge in [-0.2, -0.15) is 0 Å². The van der Waals surface area contributed by atoms with Crippen LogP contribution in [0.3, 0.4) is 0 Å². The van der Waals surface area contributed by atoms with Gasteiger partial charge in [0.2, 0.25) is 5.91 Å². The van der Waals surface area contributed by atoms with Crippen molar-refractivity contribution in [3.05, 3.63) is 0 Å². The summed E-state index contributed by atoms with van der Waals surface area (Å²) >= 11 is 0. The lowest BCUT2D eigenvalue weighted by atomic mass is 10.2. The molecule has 14 heavy (non-hydrogen) atoms. The summed E-state index contributed by atoms with van der Waals surface area (Å²) in [5, 5.41) is 2.73. The Morgan fingerprint density at radius 1 is 1.50 bits per heavy atom. The van der Waals surface area contributed by atoms with E-state index in [1.165, 1.54) is 0 Å². The van der Waals surface area contributed by atoms with Gasteiger partial charge in [0.15, 0.2) is 0 Å². The van der Waals surface area contributed by atoms with Gasteiger partial charge in [0.25, 0.3) is 0 Å². The maximum absolute atomic E-state index is 11.3. The molecule has 0 saturated heterocycles. The van der Waals surface area contributed by atoms with Gasteiger partial charge >= 0.3 is 0 Å². The van der Waals surface area contributed by atoms with E-state index >= 15 is 0 Å². The molecule has 0 spiro atoms. The number of carbonyl (C=O) groups excluding carboxylic acids is 1.